The van der Waals surface area contributed by atoms with Crippen LogP contribution in [0.2, 0.25) is 0 Å². The minimum atomic E-state index is -0.229. The van der Waals surface area contributed by atoms with E-state index in [-0.39, 0.29) is 11.9 Å². The quantitative estimate of drug-likeness (QED) is 0.858. The number of anilines is 1. The third-order valence-electron chi connectivity index (χ3n) is 4.73. The van der Waals surface area contributed by atoms with Crippen LogP contribution in [0, 0.1) is 6.92 Å². The smallest absolute Gasteiger partial charge is 0.244 e. The predicted octanol–water partition coefficient (Wildman–Crippen LogP) is 2.34. The lowest BCUT2D eigenvalue weighted by atomic mass is 10.0. The van der Waals surface area contributed by atoms with Gasteiger partial charge in [-0.1, -0.05) is 29.8 Å². The van der Waals surface area contributed by atoms with Crippen LogP contribution >= 0.6 is 0 Å². The van der Waals surface area contributed by atoms with E-state index in [1.54, 1.807) is 0 Å². The van der Waals surface area contributed by atoms with Gasteiger partial charge in [-0.25, -0.2) is 0 Å². The minimum Gasteiger partial charge on any atom is -0.368 e. The zero-order valence-corrected chi connectivity index (χ0v) is 15.2. The average Bonchev–Trinajstić information content (AvgIpc) is 2.62. The van der Waals surface area contributed by atoms with Crippen LogP contribution in [0.1, 0.15) is 17.2 Å². The molecule has 1 fully saturated rings. The van der Waals surface area contributed by atoms with Crippen LogP contribution in [0.15, 0.2) is 48.8 Å². The Morgan fingerprint density at radius 1 is 1.08 bits per heavy atom. The molecule has 132 valence electrons. The number of piperazine rings is 1. The van der Waals surface area contributed by atoms with Gasteiger partial charge in [0.2, 0.25) is 5.91 Å². The predicted molar refractivity (Wildman–Crippen MR) is 101 cm³/mol. The normalized spacial score (nSPS) is 16.2. The number of aromatic nitrogens is 1. The van der Waals surface area contributed by atoms with Crippen molar-refractivity contribution in [1.82, 2.24) is 14.8 Å². The fraction of sp³-hybridized carbons (Fsp3) is 0.400. The first-order chi connectivity index (χ1) is 12.1. The van der Waals surface area contributed by atoms with E-state index in [1.807, 2.05) is 60.6 Å². The molecule has 1 aliphatic rings. The van der Waals surface area contributed by atoms with Crippen molar-refractivity contribution in [3.63, 3.8) is 0 Å². The maximum Gasteiger partial charge on any atom is 0.244 e. The molecule has 1 saturated heterocycles. The molecule has 0 saturated carbocycles. The van der Waals surface area contributed by atoms with Crippen LogP contribution in [-0.2, 0) is 4.79 Å². The van der Waals surface area contributed by atoms with E-state index in [1.165, 1.54) is 11.3 Å². The highest BCUT2D eigenvalue weighted by atomic mass is 16.2. The number of amides is 1. The van der Waals surface area contributed by atoms with Crippen LogP contribution in [-0.4, -0.2) is 61.0 Å². The van der Waals surface area contributed by atoms with Gasteiger partial charge >= 0.3 is 0 Å². The van der Waals surface area contributed by atoms with Crippen molar-refractivity contribution in [3.05, 3.63) is 59.9 Å². The van der Waals surface area contributed by atoms with E-state index in [0.29, 0.717) is 0 Å². The zero-order valence-electron chi connectivity index (χ0n) is 15.2. The fourth-order valence-corrected chi connectivity index (χ4v) is 3.41. The molecule has 1 aromatic carbocycles. The molecule has 1 aliphatic heterocycles. The molecule has 2 aromatic rings. The summed E-state index contributed by atoms with van der Waals surface area (Å²) in [6.45, 7) is 5.26. The fourth-order valence-electron chi connectivity index (χ4n) is 3.41. The summed E-state index contributed by atoms with van der Waals surface area (Å²) in [6.07, 6.45) is 3.62. The van der Waals surface area contributed by atoms with Gasteiger partial charge in [-0.3, -0.25) is 14.7 Å². The SMILES string of the molecule is Cc1cccc([C@H](C(=O)N2CCN(c3ccncc3)CC2)N(C)C)c1. The van der Waals surface area contributed by atoms with Crippen molar-refractivity contribution in [3.8, 4) is 0 Å². The number of pyridine rings is 1. The maximum atomic E-state index is 13.2. The lowest BCUT2D eigenvalue weighted by Crippen LogP contribution is -2.51. The summed E-state index contributed by atoms with van der Waals surface area (Å²) in [6, 6.07) is 12.1. The molecule has 5 nitrogen and oxygen atoms in total. The first kappa shape index (κ1) is 17.4. The highest BCUT2D eigenvalue weighted by Crippen LogP contribution is 2.23. The first-order valence-corrected chi connectivity index (χ1v) is 8.73. The topological polar surface area (TPSA) is 39.7 Å². The van der Waals surface area contributed by atoms with Gasteiger partial charge in [-0.2, -0.15) is 0 Å². The molecule has 25 heavy (non-hydrogen) atoms. The molecular weight excluding hydrogens is 312 g/mol. The Hall–Kier alpha value is -2.40. The number of benzene rings is 1. The molecule has 1 atom stereocenters. The van der Waals surface area contributed by atoms with Crippen molar-refractivity contribution < 1.29 is 4.79 Å². The van der Waals surface area contributed by atoms with Gasteiger partial charge in [0.15, 0.2) is 0 Å². The molecule has 0 radical (unpaired) electrons. The van der Waals surface area contributed by atoms with Crippen molar-refractivity contribution in [2.45, 2.75) is 13.0 Å². The Balaban J connectivity index is 1.70. The Morgan fingerprint density at radius 3 is 2.36 bits per heavy atom. The van der Waals surface area contributed by atoms with E-state index in [2.05, 4.69) is 28.9 Å². The van der Waals surface area contributed by atoms with Gasteiger partial charge in [0.1, 0.15) is 6.04 Å². The largest absolute Gasteiger partial charge is 0.368 e. The van der Waals surface area contributed by atoms with Crippen molar-refractivity contribution in [2.75, 3.05) is 45.2 Å². The summed E-state index contributed by atoms with van der Waals surface area (Å²) in [7, 11) is 3.94. The van der Waals surface area contributed by atoms with Crippen molar-refractivity contribution >= 4 is 11.6 Å². The van der Waals surface area contributed by atoms with Crippen LogP contribution in [0.25, 0.3) is 0 Å². The standard InChI is InChI=1S/C20H26N4O/c1-16-5-4-6-17(15-16)19(22(2)3)20(25)24-13-11-23(12-14-24)18-7-9-21-10-8-18/h4-10,15,19H,11-14H2,1-3H3/t19-/m1/s1. The van der Waals surface area contributed by atoms with E-state index >= 15 is 0 Å². The Labute approximate surface area is 149 Å². The van der Waals surface area contributed by atoms with Crippen LogP contribution in [0.4, 0.5) is 5.69 Å². The summed E-state index contributed by atoms with van der Waals surface area (Å²) < 4.78 is 0. The molecule has 0 bridgehead atoms. The molecular formula is C20H26N4O. The number of hydrogen-bond acceptors (Lipinski definition) is 4. The number of hydrogen-bond donors (Lipinski definition) is 0. The Kier molecular flexibility index (Phi) is 5.34. The van der Waals surface area contributed by atoms with Crippen LogP contribution in [0.5, 0.6) is 0 Å². The van der Waals surface area contributed by atoms with Crippen LogP contribution < -0.4 is 4.90 Å². The lowest BCUT2D eigenvalue weighted by Gasteiger charge is -2.38. The van der Waals surface area contributed by atoms with Gasteiger partial charge in [0.05, 0.1) is 0 Å². The number of likely N-dealkylation sites (N-methyl/N-ethyl adjacent to an activating group) is 1. The lowest BCUT2D eigenvalue weighted by molar-refractivity contribution is -0.136. The van der Waals surface area contributed by atoms with Crippen molar-refractivity contribution in [2.24, 2.45) is 0 Å². The second-order valence-corrected chi connectivity index (χ2v) is 6.80. The summed E-state index contributed by atoms with van der Waals surface area (Å²) in [4.78, 5) is 23.5. The van der Waals surface area contributed by atoms with Gasteiger partial charge in [-0.05, 0) is 38.7 Å². The Bertz CT molecular complexity index is 709. The molecule has 5 heteroatoms. The first-order valence-electron chi connectivity index (χ1n) is 8.73. The molecule has 3 rings (SSSR count). The third kappa shape index (κ3) is 3.99. The van der Waals surface area contributed by atoms with Gasteiger partial charge in [0.25, 0.3) is 0 Å². The zero-order chi connectivity index (χ0) is 17.8. The molecule has 0 N–H and O–H groups in total. The monoisotopic (exact) mass is 338 g/mol. The number of nitrogens with zero attached hydrogens (tertiary/aromatic N) is 4. The minimum absolute atomic E-state index is 0.185. The summed E-state index contributed by atoms with van der Waals surface area (Å²) in [5.41, 5.74) is 3.41. The summed E-state index contributed by atoms with van der Waals surface area (Å²) in [5.74, 6) is 0.185. The van der Waals surface area contributed by atoms with E-state index < -0.39 is 0 Å². The molecule has 0 aliphatic carbocycles. The van der Waals surface area contributed by atoms with E-state index in [0.717, 1.165) is 31.7 Å². The molecule has 0 unspecified atom stereocenters. The second-order valence-electron chi connectivity index (χ2n) is 6.80. The van der Waals surface area contributed by atoms with E-state index in [4.69, 9.17) is 0 Å². The Morgan fingerprint density at radius 2 is 1.76 bits per heavy atom. The third-order valence-corrected chi connectivity index (χ3v) is 4.73. The number of carbonyl (C=O) groups excluding carboxylic acids is 1. The van der Waals surface area contributed by atoms with Gasteiger partial charge < -0.3 is 9.80 Å². The second kappa shape index (κ2) is 7.66. The highest BCUT2D eigenvalue weighted by molar-refractivity contribution is 5.83. The highest BCUT2D eigenvalue weighted by Gasteiger charge is 2.30. The average molecular weight is 338 g/mol. The van der Waals surface area contributed by atoms with E-state index in [9.17, 15) is 4.79 Å². The summed E-state index contributed by atoms with van der Waals surface area (Å²) in [5, 5.41) is 0. The number of aryl methyl sites for hydroxylation is 1. The number of carbonyl (C=O) groups is 1. The molecule has 0 spiro atoms. The summed E-state index contributed by atoms with van der Waals surface area (Å²) >= 11 is 0. The molecule has 2 heterocycles. The van der Waals surface area contributed by atoms with Gasteiger partial charge in [0, 0.05) is 44.3 Å². The number of rotatable bonds is 4. The van der Waals surface area contributed by atoms with Crippen LogP contribution in [0.3, 0.4) is 0 Å². The van der Waals surface area contributed by atoms with Gasteiger partial charge in [-0.15, -0.1) is 0 Å². The molecule has 1 amide bonds. The van der Waals surface area contributed by atoms with Crippen molar-refractivity contribution in [1.29, 1.82) is 0 Å². The molecule has 1 aromatic heterocycles. The maximum absolute atomic E-state index is 13.2.